The molecular weight excluding hydrogens is 306 g/mol. The zero-order valence-electron chi connectivity index (χ0n) is 12.9. The molecule has 0 fully saturated rings. The number of rotatable bonds is 4. The van der Waals surface area contributed by atoms with Gasteiger partial charge >= 0.3 is 0 Å². The van der Waals surface area contributed by atoms with Crippen molar-refractivity contribution in [1.82, 2.24) is 19.7 Å². The largest absolute Gasteiger partial charge is 0.309 e. The number of nitrogens with zero attached hydrogens (tertiary/aromatic N) is 5. The molecule has 0 aliphatic carbocycles. The van der Waals surface area contributed by atoms with Crippen LogP contribution in [0.3, 0.4) is 0 Å². The fourth-order valence-electron chi connectivity index (χ4n) is 2.68. The van der Waals surface area contributed by atoms with Crippen molar-refractivity contribution in [3.8, 4) is 0 Å². The molecule has 3 heterocycles. The number of pyridine rings is 1. The summed E-state index contributed by atoms with van der Waals surface area (Å²) in [5, 5.41) is 9.72. The third kappa shape index (κ3) is 2.82. The van der Waals surface area contributed by atoms with Gasteiger partial charge in [0.2, 0.25) is 5.95 Å². The van der Waals surface area contributed by atoms with Gasteiger partial charge in [-0.2, -0.15) is 0 Å². The molecule has 5 nitrogen and oxygen atoms in total. The van der Waals surface area contributed by atoms with E-state index in [2.05, 4.69) is 61.9 Å². The van der Waals surface area contributed by atoms with E-state index in [9.17, 15) is 0 Å². The van der Waals surface area contributed by atoms with Crippen molar-refractivity contribution < 1.29 is 0 Å². The van der Waals surface area contributed by atoms with Gasteiger partial charge in [0, 0.05) is 36.9 Å². The smallest absolute Gasteiger partial charge is 0.232 e. The Morgan fingerprint density at radius 3 is 2.74 bits per heavy atom. The van der Waals surface area contributed by atoms with Gasteiger partial charge in [0.15, 0.2) is 5.16 Å². The monoisotopic (exact) mass is 323 g/mol. The highest BCUT2D eigenvalue weighted by Crippen LogP contribution is 2.32. The summed E-state index contributed by atoms with van der Waals surface area (Å²) in [6.45, 7) is 3.96. The summed E-state index contributed by atoms with van der Waals surface area (Å²) in [4.78, 5) is 6.37. The highest BCUT2D eigenvalue weighted by molar-refractivity contribution is 7.98. The van der Waals surface area contributed by atoms with Gasteiger partial charge in [0.25, 0.3) is 0 Å². The second-order valence-corrected chi connectivity index (χ2v) is 6.51. The molecule has 1 aliphatic rings. The number of thioether (sulfide) groups is 1. The molecule has 1 aliphatic heterocycles. The minimum Gasteiger partial charge on any atom is -0.309 e. The number of aromatic nitrogens is 4. The predicted molar refractivity (Wildman–Crippen MR) is 92.0 cm³/mol. The van der Waals surface area contributed by atoms with Crippen LogP contribution in [0.5, 0.6) is 0 Å². The lowest BCUT2D eigenvalue weighted by atomic mass is 10.2. The number of aryl methyl sites for hydroxylation is 1. The molecule has 116 valence electrons. The lowest BCUT2D eigenvalue weighted by Crippen LogP contribution is -2.14. The number of hydrogen-bond donors (Lipinski definition) is 0. The summed E-state index contributed by atoms with van der Waals surface area (Å²) >= 11 is 1.71. The normalized spacial score (nSPS) is 13.3. The molecule has 4 rings (SSSR count). The molecule has 6 heteroatoms. The maximum atomic E-state index is 4.39. The van der Waals surface area contributed by atoms with Gasteiger partial charge in [0.05, 0.1) is 0 Å². The minimum absolute atomic E-state index is 0.858. The molecule has 3 aromatic rings. The Balaban J connectivity index is 1.53. The maximum Gasteiger partial charge on any atom is 0.232 e. The van der Waals surface area contributed by atoms with E-state index in [-0.39, 0.29) is 0 Å². The Labute approximate surface area is 139 Å². The quantitative estimate of drug-likeness (QED) is 0.688. The fraction of sp³-hybridized carbons (Fsp3) is 0.235. The van der Waals surface area contributed by atoms with Crippen LogP contribution in [-0.4, -0.2) is 26.3 Å². The lowest BCUT2D eigenvalue weighted by Gasteiger charge is -2.15. The van der Waals surface area contributed by atoms with Gasteiger partial charge in [0.1, 0.15) is 0 Å². The van der Waals surface area contributed by atoms with Gasteiger partial charge in [-0.3, -0.25) is 9.55 Å². The molecule has 0 amide bonds. The third-order valence-electron chi connectivity index (χ3n) is 3.92. The minimum atomic E-state index is 0.858. The highest BCUT2D eigenvalue weighted by Gasteiger charge is 2.25. The summed E-state index contributed by atoms with van der Waals surface area (Å²) < 4.78 is 2.20. The molecule has 1 aromatic carbocycles. The first-order valence-corrected chi connectivity index (χ1v) is 8.59. The van der Waals surface area contributed by atoms with Crippen molar-refractivity contribution in [2.75, 3.05) is 11.4 Å². The third-order valence-corrected chi connectivity index (χ3v) is 4.96. The van der Waals surface area contributed by atoms with E-state index in [1.165, 1.54) is 16.8 Å². The number of fused-ring (bicyclic) bond motifs is 1. The fourth-order valence-corrected chi connectivity index (χ4v) is 3.58. The molecule has 0 spiro atoms. The average molecular weight is 323 g/mol. The Morgan fingerprint density at radius 2 is 1.96 bits per heavy atom. The average Bonchev–Trinajstić information content (AvgIpc) is 3.17. The van der Waals surface area contributed by atoms with Gasteiger partial charge in [-0.05, 0) is 30.7 Å². The van der Waals surface area contributed by atoms with Gasteiger partial charge in [-0.25, -0.2) is 0 Å². The van der Waals surface area contributed by atoms with Crippen molar-refractivity contribution >= 4 is 23.4 Å². The summed E-state index contributed by atoms with van der Waals surface area (Å²) in [5.41, 5.74) is 3.64. The number of anilines is 2. The molecule has 0 radical (unpaired) electrons. The number of benzene rings is 1. The van der Waals surface area contributed by atoms with Gasteiger partial charge < -0.3 is 4.90 Å². The highest BCUT2D eigenvalue weighted by atomic mass is 32.2. The van der Waals surface area contributed by atoms with E-state index < -0.39 is 0 Å². The summed E-state index contributed by atoms with van der Waals surface area (Å²) in [6, 6.07) is 12.6. The Morgan fingerprint density at radius 1 is 1.09 bits per heavy atom. The van der Waals surface area contributed by atoms with Crippen molar-refractivity contribution in [1.29, 1.82) is 0 Å². The first kappa shape index (κ1) is 14.3. The van der Waals surface area contributed by atoms with Crippen LogP contribution in [0.4, 0.5) is 11.6 Å². The summed E-state index contributed by atoms with van der Waals surface area (Å²) in [6.07, 6.45) is 3.69. The standard InChI is InChI=1S/C17H17N5S/c1-13-4-6-15(7-5-13)21-9-10-22-16(21)19-20-17(22)23-12-14-3-2-8-18-11-14/h2-8,11H,9-10,12H2,1H3. The van der Waals surface area contributed by atoms with E-state index in [0.717, 1.165) is 29.9 Å². The molecule has 0 saturated carbocycles. The summed E-state index contributed by atoms with van der Waals surface area (Å²) in [7, 11) is 0. The zero-order valence-corrected chi connectivity index (χ0v) is 13.7. The van der Waals surface area contributed by atoms with Crippen LogP contribution < -0.4 is 4.90 Å². The van der Waals surface area contributed by atoms with Crippen LogP contribution in [0.1, 0.15) is 11.1 Å². The predicted octanol–water partition coefficient (Wildman–Crippen LogP) is 3.43. The van der Waals surface area contributed by atoms with Gasteiger partial charge in [-0.15, -0.1) is 10.2 Å². The van der Waals surface area contributed by atoms with Crippen LogP contribution in [0.15, 0.2) is 53.9 Å². The van der Waals surface area contributed by atoms with Crippen LogP contribution in [0.25, 0.3) is 0 Å². The van der Waals surface area contributed by atoms with E-state index in [4.69, 9.17) is 0 Å². The zero-order chi connectivity index (χ0) is 15.6. The second kappa shape index (κ2) is 6.04. The first-order chi connectivity index (χ1) is 11.3. The van der Waals surface area contributed by atoms with Crippen LogP contribution in [0, 0.1) is 6.92 Å². The topological polar surface area (TPSA) is 46.8 Å². The SMILES string of the molecule is Cc1ccc(N2CCn3c(SCc4cccnc4)nnc32)cc1. The van der Waals surface area contributed by atoms with Crippen LogP contribution in [0.2, 0.25) is 0 Å². The van der Waals surface area contributed by atoms with Crippen molar-refractivity contribution in [3.63, 3.8) is 0 Å². The van der Waals surface area contributed by atoms with Gasteiger partial charge in [-0.1, -0.05) is 35.5 Å². The Bertz CT molecular complexity index is 798. The molecule has 2 aromatic heterocycles. The first-order valence-electron chi connectivity index (χ1n) is 7.60. The number of hydrogen-bond acceptors (Lipinski definition) is 5. The lowest BCUT2D eigenvalue weighted by molar-refractivity contribution is 0.704. The second-order valence-electron chi connectivity index (χ2n) is 5.57. The van der Waals surface area contributed by atoms with Crippen molar-refractivity contribution in [3.05, 3.63) is 59.9 Å². The van der Waals surface area contributed by atoms with Crippen molar-refractivity contribution in [2.45, 2.75) is 24.4 Å². The van der Waals surface area contributed by atoms with Crippen molar-refractivity contribution in [2.24, 2.45) is 0 Å². The Kier molecular flexibility index (Phi) is 3.75. The van der Waals surface area contributed by atoms with Crippen LogP contribution >= 0.6 is 11.8 Å². The van der Waals surface area contributed by atoms with E-state index in [1.54, 1.807) is 18.0 Å². The van der Waals surface area contributed by atoms with E-state index in [0.29, 0.717) is 0 Å². The molecule has 0 saturated heterocycles. The Hall–Kier alpha value is -2.34. The molecule has 0 N–H and O–H groups in total. The molecular formula is C17H17N5S. The van der Waals surface area contributed by atoms with E-state index in [1.807, 2.05) is 12.3 Å². The maximum absolute atomic E-state index is 4.39. The molecule has 23 heavy (non-hydrogen) atoms. The molecule has 0 unspecified atom stereocenters. The van der Waals surface area contributed by atoms with E-state index >= 15 is 0 Å². The van der Waals surface area contributed by atoms with Crippen LogP contribution in [-0.2, 0) is 12.3 Å². The molecule has 0 bridgehead atoms. The summed E-state index contributed by atoms with van der Waals surface area (Å²) in [5.74, 6) is 1.79. The molecule has 0 atom stereocenters.